The molecule has 2 heterocycles. The lowest BCUT2D eigenvalue weighted by Gasteiger charge is -2.28. The van der Waals surface area contributed by atoms with Gasteiger partial charge in [0, 0.05) is 20.2 Å². The van der Waals surface area contributed by atoms with Crippen LogP contribution in [-0.2, 0) is 4.74 Å². The van der Waals surface area contributed by atoms with Crippen LogP contribution in [0.4, 0.5) is 11.5 Å². The van der Waals surface area contributed by atoms with Crippen molar-refractivity contribution in [1.82, 2.24) is 4.98 Å². The number of hydrogen-bond acceptors (Lipinski definition) is 5. The normalized spacial score (nSPS) is 18.8. The molecular formula is C16H27N3O2. The second-order valence-electron chi connectivity index (χ2n) is 6.14. The lowest BCUT2D eigenvalue weighted by Crippen LogP contribution is -2.33. The van der Waals surface area contributed by atoms with Crippen molar-refractivity contribution >= 4 is 11.5 Å². The Hall–Kier alpha value is -1.49. The summed E-state index contributed by atoms with van der Waals surface area (Å²) in [7, 11) is 2.03. The lowest BCUT2D eigenvalue weighted by molar-refractivity contribution is 0.0215. The molecule has 118 valence electrons. The van der Waals surface area contributed by atoms with Gasteiger partial charge < -0.3 is 20.1 Å². The van der Waals surface area contributed by atoms with Gasteiger partial charge in [-0.2, -0.15) is 4.98 Å². The highest BCUT2D eigenvalue weighted by Gasteiger charge is 2.17. The summed E-state index contributed by atoms with van der Waals surface area (Å²) in [5.41, 5.74) is 6.51. The third-order valence-electron chi connectivity index (χ3n) is 3.57. The van der Waals surface area contributed by atoms with Crippen molar-refractivity contribution in [3.63, 3.8) is 0 Å². The van der Waals surface area contributed by atoms with Crippen LogP contribution in [0, 0.1) is 5.92 Å². The number of aromatic nitrogens is 1. The zero-order chi connectivity index (χ0) is 15.2. The van der Waals surface area contributed by atoms with E-state index >= 15 is 0 Å². The fourth-order valence-electron chi connectivity index (χ4n) is 2.37. The Morgan fingerprint density at radius 1 is 1.43 bits per heavy atom. The lowest BCUT2D eigenvalue weighted by atomic mass is 10.1. The van der Waals surface area contributed by atoms with Crippen LogP contribution in [-0.4, -0.2) is 37.9 Å². The Kier molecular flexibility index (Phi) is 5.67. The molecule has 0 amide bonds. The maximum absolute atomic E-state index is 5.93. The maximum Gasteiger partial charge on any atom is 0.239 e. The van der Waals surface area contributed by atoms with Gasteiger partial charge in [-0.05, 0) is 37.3 Å². The average molecular weight is 293 g/mol. The third-order valence-corrected chi connectivity index (χ3v) is 3.57. The summed E-state index contributed by atoms with van der Waals surface area (Å²) in [5, 5.41) is 0. The number of nitrogens with two attached hydrogens (primary N) is 1. The predicted octanol–water partition coefficient (Wildman–Crippen LogP) is 2.70. The molecule has 2 N–H and O–H groups in total. The first-order chi connectivity index (χ1) is 10.1. The van der Waals surface area contributed by atoms with E-state index in [2.05, 4.69) is 23.7 Å². The Bertz CT molecular complexity index is 445. The van der Waals surface area contributed by atoms with Crippen molar-refractivity contribution in [2.45, 2.75) is 39.2 Å². The van der Waals surface area contributed by atoms with Gasteiger partial charge in [-0.1, -0.05) is 13.8 Å². The summed E-state index contributed by atoms with van der Waals surface area (Å²) < 4.78 is 11.5. The highest BCUT2D eigenvalue weighted by atomic mass is 16.5. The minimum absolute atomic E-state index is 0.295. The van der Waals surface area contributed by atoms with Gasteiger partial charge in [0.15, 0.2) is 0 Å². The summed E-state index contributed by atoms with van der Waals surface area (Å²) in [6.45, 7) is 6.55. The Labute approximate surface area is 127 Å². The quantitative estimate of drug-likeness (QED) is 0.874. The molecule has 0 aliphatic carbocycles. The van der Waals surface area contributed by atoms with Crippen LogP contribution in [0.3, 0.4) is 0 Å². The molecule has 2 rings (SSSR count). The molecule has 21 heavy (non-hydrogen) atoms. The van der Waals surface area contributed by atoms with Gasteiger partial charge >= 0.3 is 0 Å². The minimum Gasteiger partial charge on any atom is -0.476 e. The topological polar surface area (TPSA) is 60.6 Å². The molecule has 1 aliphatic rings. The number of pyridine rings is 1. The summed E-state index contributed by atoms with van der Waals surface area (Å²) in [5.74, 6) is 1.85. The number of hydrogen-bond donors (Lipinski definition) is 1. The van der Waals surface area contributed by atoms with Gasteiger partial charge in [-0.15, -0.1) is 0 Å². The fourth-order valence-corrected chi connectivity index (χ4v) is 2.37. The van der Waals surface area contributed by atoms with Crippen molar-refractivity contribution < 1.29 is 9.47 Å². The van der Waals surface area contributed by atoms with E-state index in [4.69, 9.17) is 15.2 Å². The van der Waals surface area contributed by atoms with Gasteiger partial charge in [0.1, 0.15) is 5.82 Å². The van der Waals surface area contributed by atoms with E-state index in [0.29, 0.717) is 30.2 Å². The SMILES string of the molecule is CC(C)COc1nc(N(C)CC2CCCCO2)ccc1N. The number of ether oxygens (including phenoxy) is 2. The van der Waals surface area contributed by atoms with Crippen LogP contribution < -0.4 is 15.4 Å². The molecule has 5 heteroatoms. The van der Waals surface area contributed by atoms with Crippen molar-refractivity contribution in [2.24, 2.45) is 5.92 Å². The van der Waals surface area contributed by atoms with Crippen LogP contribution >= 0.6 is 0 Å². The molecular weight excluding hydrogens is 266 g/mol. The second kappa shape index (κ2) is 7.50. The first kappa shape index (κ1) is 15.9. The van der Waals surface area contributed by atoms with E-state index in [1.54, 1.807) is 0 Å². The molecule has 1 aromatic heterocycles. The smallest absolute Gasteiger partial charge is 0.239 e. The Morgan fingerprint density at radius 3 is 2.90 bits per heavy atom. The Morgan fingerprint density at radius 2 is 2.24 bits per heavy atom. The summed E-state index contributed by atoms with van der Waals surface area (Å²) in [6, 6.07) is 3.79. The van der Waals surface area contributed by atoms with Crippen molar-refractivity contribution in [2.75, 3.05) is 37.4 Å². The highest BCUT2D eigenvalue weighted by Crippen LogP contribution is 2.24. The number of nitrogen functional groups attached to an aromatic ring is 1. The van der Waals surface area contributed by atoms with Crippen LogP contribution in [0.1, 0.15) is 33.1 Å². The summed E-state index contributed by atoms with van der Waals surface area (Å²) in [6.07, 6.45) is 3.84. The first-order valence-corrected chi connectivity index (χ1v) is 7.78. The van der Waals surface area contributed by atoms with E-state index < -0.39 is 0 Å². The highest BCUT2D eigenvalue weighted by molar-refractivity contribution is 5.54. The standard InChI is InChI=1S/C16H27N3O2/c1-12(2)11-21-16-14(17)7-8-15(18-16)19(3)10-13-6-4-5-9-20-13/h7-8,12-13H,4-6,9-11,17H2,1-3H3. The van der Waals surface area contributed by atoms with Crippen molar-refractivity contribution in [3.8, 4) is 5.88 Å². The average Bonchev–Trinajstić information content (AvgIpc) is 2.47. The van der Waals surface area contributed by atoms with Gasteiger partial charge in [0.05, 0.1) is 18.4 Å². The van der Waals surface area contributed by atoms with Crippen LogP contribution in [0.15, 0.2) is 12.1 Å². The van der Waals surface area contributed by atoms with E-state index in [1.165, 1.54) is 12.8 Å². The van der Waals surface area contributed by atoms with E-state index in [1.807, 2.05) is 19.2 Å². The number of likely N-dealkylation sites (N-methyl/N-ethyl adjacent to an activating group) is 1. The summed E-state index contributed by atoms with van der Waals surface area (Å²) >= 11 is 0. The van der Waals surface area contributed by atoms with Crippen LogP contribution in [0.5, 0.6) is 5.88 Å². The minimum atomic E-state index is 0.295. The molecule has 1 aromatic rings. The van der Waals surface area contributed by atoms with E-state index in [9.17, 15) is 0 Å². The van der Waals surface area contributed by atoms with Gasteiger partial charge in [0.2, 0.25) is 5.88 Å². The third kappa shape index (κ3) is 4.77. The van der Waals surface area contributed by atoms with Gasteiger partial charge in [-0.3, -0.25) is 0 Å². The molecule has 0 spiro atoms. The fraction of sp³-hybridized carbons (Fsp3) is 0.688. The van der Waals surface area contributed by atoms with Crippen molar-refractivity contribution in [3.05, 3.63) is 12.1 Å². The molecule has 1 aliphatic heterocycles. The molecule has 0 saturated carbocycles. The Balaban J connectivity index is 1.99. The zero-order valence-corrected chi connectivity index (χ0v) is 13.3. The maximum atomic E-state index is 5.93. The van der Waals surface area contributed by atoms with E-state index in [0.717, 1.165) is 25.4 Å². The molecule has 5 nitrogen and oxygen atoms in total. The number of rotatable bonds is 6. The van der Waals surface area contributed by atoms with Gasteiger partial charge in [-0.25, -0.2) is 0 Å². The summed E-state index contributed by atoms with van der Waals surface area (Å²) in [4.78, 5) is 6.64. The zero-order valence-electron chi connectivity index (χ0n) is 13.3. The van der Waals surface area contributed by atoms with Crippen LogP contribution in [0.2, 0.25) is 0 Å². The predicted molar refractivity (Wildman–Crippen MR) is 85.8 cm³/mol. The first-order valence-electron chi connectivity index (χ1n) is 7.78. The molecule has 1 fully saturated rings. The number of nitrogens with zero attached hydrogens (tertiary/aromatic N) is 2. The molecule has 0 bridgehead atoms. The van der Waals surface area contributed by atoms with Gasteiger partial charge in [0.25, 0.3) is 0 Å². The molecule has 0 aromatic carbocycles. The van der Waals surface area contributed by atoms with E-state index in [-0.39, 0.29) is 0 Å². The molecule has 1 atom stereocenters. The van der Waals surface area contributed by atoms with Crippen molar-refractivity contribution in [1.29, 1.82) is 0 Å². The molecule has 1 unspecified atom stereocenters. The molecule has 0 radical (unpaired) electrons. The second-order valence-corrected chi connectivity index (χ2v) is 6.14. The molecule has 1 saturated heterocycles. The van der Waals surface area contributed by atoms with Crippen LogP contribution in [0.25, 0.3) is 0 Å². The monoisotopic (exact) mass is 293 g/mol. The largest absolute Gasteiger partial charge is 0.476 e. The number of anilines is 2.